The maximum absolute atomic E-state index is 7.43. The summed E-state index contributed by atoms with van der Waals surface area (Å²) in [4.78, 5) is 0. The summed E-state index contributed by atoms with van der Waals surface area (Å²) in [5, 5.41) is 0. The van der Waals surface area contributed by atoms with E-state index in [2.05, 4.69) is 164 Å². The molecule has 6 heteroatoms. The number of fused-ring (bicyclic) bond motifs is 2. The molecule has 306 valence electrons. The summed E-state index contributed by atoms with van der Waals surface area (Å²) in [6.45, 7) is 49.5. The van der Waals surface area contributed by atoms with Crippen LogP contribution in [0.5, 0.6) is 11.5 Å². The number of ether oxygens (including phenoxy) is 2. The fourth-order valence-corrected chi connectivity index (χ4v) is 9.93. The molecule has 0 aromatic heterocycles. The largest absolute Gasteiger partial charge is 0.705 e. The van der Waals surface area contributed by atoms with E-state index in [4.69, 9.17) is 9.47 Å². The summed E-state index contributed by atoms with van der Waals surface area (Å²) >= 11 is 0. The Balaban J connectivity index is 1.60. The molecule has 0 amide bonds. The van der Waals surface area contributed by atoms with Crippen molar-refractivity contribution >= 4 is 12.4 Å². The third-order valence-electron chi connectivity index (χ3n) is 15.3. The maximum atomic E-state index is 7.43. The van der Waals surface area contributed by atoms with Crippen molar-refractivity contribution in [3.05, 3.63) is 57.6 Å². The van der Waals surface area contributed by atoms with E-state index in [1.807, 2.05) is 0 Å². The van der Waals surface area contributed by atoms with Crippen LogP contribution in [-0.2, 0) is 10.8 Å². The first-order chi connectivity index (χ1) is 25.5. The van der Waals surface area contributed by atoms with Gasteiger partial charge < -0.3 is 18.4 Å². The number of benzene rings is 2. The van der Waals surface area contributed by atoms with Crippen LogP contribution in [0, 0.1) is 6.92 Å². The highest BCUT2D eigenvalue weighted by molar-refractivity contribution is 5.85. The Labute approximate surface area is 337 Å². The van der Waals surface area contributed by atoms with Crippen molar-refractivity contribution in [2.45, 2.75) is 177 Å². The normalized spacial score (nSPS) is 20.2. The van der Waals surface area contributed by atoms with Crippen LogP contribution in [0.2, 0.25) is 0 Å². The Morgan fingerprint density at radius 2 is 1.04 bits per heavy atom. The Hall–Kier alpha value is -2.70. The lowest BCUT2D eigenvalue weighted by molar-refractivity contribution is -0.923. The van der Waals surface area contributed by atoms with Crippen LogP contribution in [0.25, 0.3) is 0 Å². The minimum absolute atomic E-state index is 0.0130. The molecule has 1 spiro atoms. The molecule has 1 unspecified atom stereocenters. The van der Waals surface area contributed by atoms with Gasteiger partial charge >= 0.3 is 6.03 Å². The van der Waals surface area contributed by atoms with Crippen molar-refractivity contribution in [3.63, 3.8) is 0 Å². The van der Waals surface area contributed by atoms with E-state index in [0.29, 0.717) is 5.92 Å². The Morgan fingerprint density at radius 3 is 1.45 bits per heavy atom. The van der Waals surface area contributed by atoms with Gasteiger partial charge in [0, 0.05) is 33.3 Å². The minimum atomic E-state index is -1.13. The van der Waals surface area contributed by atoms with Crippen molar-refractivity contribution in [3.8, 4) is 11.5 Å². The average Bonchev–Trinajstić information content (AvgIpc) is 3.25. The van der Waals surface area contributed by atoms with Gasteiger partial charge in [0.05, 0.1) is 63.5 Å². The van der Waals surface area contributed by atoms with Gasteiger partial charge in [0.2, 0.25) is 11.1 Å². The second-order valence-electron chi connectivity index (χ2n) is 20.6. The van der Waals surface area contributed by atoms with Gasteiger partial charge in [0.15, 0.2) is 23.9 Å². The summed E-state index contributed by atoms with van der Waals surface area (Å²) < 4.78 is 22.0. The molecule has 0 saturated carbocycles. The molecule has 1 fully saturated rings. The van der Waals surface area contributed by atoms with Crippen LogP contribution in [-0.4, -0.2) is 100 Å². The second-order valence-corrected chi connectivity index (χ2v) is 20.6. The summed E-state index contributed by atoms with van der Waals surface area (Å²) in [6, 6.07) is 8.52. The predicted octanol–water partition coefficient (Wildman–Crippen LogP) is 10.5. The maximum Gasteiger partial charge on any atom is 0.705 e. The average molecular weight is 759 g/mol. The molecule has 2 aromatic rings. The van der Waals surface area contributed by atoms with Gasteiger partial charge in [-0.3, -0.25) is 0 Å². The molecular weight excluding hydrogens is 677 g/mol. The first-order valence-electron chi connectivity index (χ1n) is 22.2. The quantitative estimate of drug-likeness (QED) is 0.133. The fraction of sp³-hybridized carbons (Fsp3) is 0.714. The van der Waals surface area contributed by atoms with Crippen LogP contribution in [0.15, 0.2) is 24.3 Å². The summed E-state index contributed by atoms with van der Waals surface area (Å²) in [7, 11) is 0. The summed E-state index contributed by atoms with van der Waals surface area (Å²) in [5.74, 6) is 2.39. The van der Waals surface area contributed by atoms with E-state index in [1.165, 1.54) is 115 Å². The zero-order valence-electron chi connectivity index (χ0n) is 38.6. The molecule has 3 aliphatic rings. The van der Waals surface area contributed by atoms with E-state index in [9.17, 15) is 0 Å². The lowest BCUT2D eigenvalue weighted by Gasteiger charge is -2.37. The number of hydrogen-bond acceptors (Lipinski definition) is 2. The van der Waals surface area contributed by atoms with E-state index < -0.39 is 6.03 Å². The predicted molar refractivity (Wildman–Crippen MR) is 233 cm³/mol. The molecule has 3 aliphatic heterocycles. The fourth-order valence-electron chi connectivity index (χ4n) is 9.93. The van der Waals surface area contributed by atoms with Crippen molar-refractivity contribution in [2.24, 2.45) is 0 Å². The van der Waals surface area contributed by atoms with Gasteiger partial charge in [-0.05, 0) is 120 Å². The van der Waals surface area contributed by atoms with Gasteiger partial charge in [0.25, 0.3) is 0 Å². The Bertz CT molecular complexity index is 1730. The lowest BCUT2D eigenvalue weighted by atomic mass is 9.78. The van der Waals surface area contributed by atoms with Crippen molar-refractivity contribution in [1.29, 1.82) is 0 Å². The van der Waals surface area contributed by atoms with Crippen LogP contribution < -0.4 is 9.47 Å². The van der Waals surface area contributed by atoms with Gasteiger partial charge in [-0.15, -0.1) is 0 Å². The molecule has 1 atom stereocenters. The molecule has 6 nitrogen and oxygen atoms in total. The highest BCUT2D eigenvalue weighted by Crippen LogP contribution is 2.52. The zero-order chi connectivity index (χ0) is 41.0. The molecule has 55 heavy (non-hydrogen) atoms. The topological polar surface area (TPSA) is 24.5 Å². The monoisotopic (exact) mass is 759 g/mol. The molecule has 1 saturated heterocycles. The third kappa shape index (κ3) is 7.57. The zero-order valence-corrected chi connectivity index (χ0v) is 38.6. The van der Waals surface area contributed by atoms with E-state index in [-0.39, 0.29) is 21.9 Å². The number of rotatable bonds is 15. The van der Waals surface area contributed by atoms with E-state index >= 15 is 0 Å². The number of nitrogens with zero attached hydrogens (tertiary/aromatic N) is 4. The summed E-state index contributed by atoms with van der Waals surface area (Å²) in [6.07, 6.45) is 9.69. The molecule has 0 bridgehead atoms. The minimum Gasteiger partial charge on any atom is -0.340 e. The lowest BCUT2D eigenvalue weighted by Crippen LogP contribution is -2.61. The highest BCUT2D eigenvalue weighted by Gasteiger charge is 2.83. The SMILES string of the molecule is CC[N+](CC)(CC)CCCC(CCC[N+](CC)(CC)CC)c1cc(C)c2c(c1)C=[N+]1C3(O2)Oc2c(cc(C(C)(C)C)cc2C(C)(C)C)C=[N+]3C(C)(C)C1(C)C. The van der Waals surface area contributed by atoms with E-state index in [0.717, 1.165) is 17.1 Å². The van der Waals surface area contributed by atoms with Crippen molar-refractivity contribution < 1.29 is 27.6 Å². The number of quaternary nitrogens is 2. The van der Waals surface area contributed by atoms with Crippen LogP contribution in [0.4, 0.5) is 0 Å². The van der Waals surface area contributed by atoms with Crippen molar-refractivity contribution in [1.82, 2.24) is 0 Å². The van der Waals surface area contributed by atoms with Crippen LogP contribution in [0.1, 0.15) is 176 Å². The van der Waals surface area contributed by atoms with Gasteiger partial charge in [-0.1, -0.05) is 62.8 Å². The molecule has 0 N–H and O–H groups in total. The molecule has 0 aliphatic carbocycles. The van der Waals surface area contributed by atoms with Gasteiger partial charge in [-0.2, -0.15) is 0 Å². The number of aryl methyl sites for hydroxylation is 1. The molecule has 3 heterocycles. The smallest absolute Gasteiger partial charge is 0.340 e. The molecular formula is C49H82N4O2+4. The first-order valence-corrected chi connectivity index (χ1v) is 22.2. The van der Waals surface area contributed by atoms with Gasteiger partial charge in [-0.25, -0.2) is 0 Å². The summed E-state index contributed by atoms with van der Waals surface area (Å²) in [5.41, 5.74) is 6.79. The Kier molecular flexibility index (Phi) is 12.0. The molecule has 2 aromatic carbocycles. The van der Waals surface area contributed by atoms with Crippen LogP contribution in [0.3, 0.4) is 0 Å². The highest BCUT2D eigenvalue weighted by atomic mass is 16.7. The van der Waals surface area contributed by atoms with Crippen molar-refractivity contribution in [2.75, 3.05) is 52.4 Å². The number of hydrogen-bond donors (Lipinski definition) is 0. The first kappa shape index (κ1) is 43.4. The molecule has 0 radical (unpaired) electrons. The standard InChI is InChI=1S/C49H82N4O2/c1-18-52(19-2,20-3)28-24-26-37(27-25-29-53(21-4,22-5)23-6)38-30-36(7)43-39(31-38)34-50-47(14,15)48(16,17)51-35-40-32-41(45(8,9)10)33-42(46(11,12)13)44(40)55-49(50,51)54-43/h30-35,37H,18-29H2,1-17H3/q+4. The van der Waals surface area contributed by atoms with E-state index in [1.54, 1.807) is 0 Å². The molecule has 5 rings (SSSR count). The van der Waals surface area contributed by atoms with Gasteiger partial charge in [0.1, 0.15) is 0 Å². The van der Waals surface area contributed by atoms with Crippen LogP contribution >= 0.6 is 0 Å². The third-order valence-corrected chi connectivity index (χ3v) is 15.3. The second kappa shape index (κ2) is 15.2. The Morgan fingerprint density at radius 1 is 0.600 bits per heavy atom.